The van der Waals surface area contributed by atoms with E-state index >= 15 is 0 Å². The van der Waals surface area contributed by atoms with Crippen LogP contribution in [0.4, 0.5) is 0 Å². The third kappa shape index (κ3) is 2.78. The van der Waals surface area contributed by atoms with Gasteiger partial charge >= 0.3 is 0 Å². The Morgan fingerprint density at radius 1 is 1.30 bits per heavy atom. The van der Waals surface area contributed by atoms with Gasteiger partial charge in [-0.25, -0.2) is 8.42 Å². The van der Waals surface area contributed by atoms with Crippen molar-refractivity contribution >= 4 is 10.0 Å². The molecule has 3 heterocycles. The molecule has 1 atom stereocenters. The van der Waals surface area contributed by atoms with Crippen LogP contribution in [0.15, 0.2) is 11.2 Å². The van der Waals surface area contributed by atoms with Gasteiger partial charge in [0, 0.05) is 33.6 Å². The summed E-state index contributed by atoms with van der Waals surface area (Å²) in [6.07, 6.45) is 3.25. The normalized spacial score (nSPS) is 19.6. The van der Waals surface area contributed by atoms with Crippen molar-refractivity contribution < 1.29 is 8.42 Å². The van der Waals surface area contributed by atoms with Gasteiger partial charge in [0.1, 0.15) is 17.0 Å². The maximum atomic E-state index is 12.9. The monoisotopic (exact) mass is 338 g/mol. The van der Waals surface area contributed by atoms with Gasteiger partial charge in [0.05, 0.1) is 11.4 Å². The smallest absolute Gasteiger partial charge is 0.246 e. The lowest BCUT2D eigenvalue weighted by molar-refractivity contribution is 0.450. The third-order valence-electron chi connectivity index (χ3n) is 4.57. The first-order valence-electron chi connectivity index (χ1n) is 7.64. The van der Waals surface area contributed by atoms with E-state index in [1.807, 2.05) is 11.6 Å². The second-order valence-electron chi connectivity index (χ2n) is 6.20. The Morgan fingerprint density at radius 3 is 2.61 bits per heavy atom. The van der Waals surface area contributed by atoms with Gasteiger partial charge in [0.2, 0.25) is 10.0 Å². The van der Waals surface area contributed by atoms with Crippen molar-refractivity contribution in [2.24, 2.45) is 20.0 Å². The lowest BCUT2D eigenvalue weighted by Gasteiger charge is -2.17. The molecule has 1 fully saturated rings. The molecule has 2 aromatic rings. The average Bonchev–Trinajstić information content (AvgIpc) is 3.14. The number of hydrogen-bond acceptors (Lipinski definition) is 5. The van der Waals surface area contributed by atoms with Crippen LogP contribution >= 0.6 is 0 Å². The van der Waals surface area contributed by atoms with E-state index in [0.717, 1.165) is 18.7 Å². The molecule has 1 aliphatic rings. The summed E-state index contributed by atoms with van der Waals surface area (Å²) in [6, 6.07) is 0. The second-order valence-corrected chi connectivity index (χ2v) is 8.08. The van der Waals surface area contributed by atoms with Crippen LogP contribution in [-0.2, 0) is 30.5 Å². The number of aryl methyl sites for hydroxylation is 3. The van der Waals surface area contributed by atoms with E-state index in [2.05, 4.69) is 15.3 Å². The topological polar surface area (TPSA) is 85.9 Å². The first-order chi connectivity index (χ1) is 10.8. The Labute approximate surface area is 136 Å². The summed E-state index contributed by atoms with van der Waals surface area (Å²) in [5, 5.41) is 12.2. The molecule has 3 rings (SSSR count). The first kappa shape index (κ1) is 16.1. The molecular formula is C14H22N6O2S. The molecule has 1 aliphatic heterocycles. The minimum absolute atomic E-state index is 0.268. The van der Waals surface area contributed by atoms with Gasteiger partial charge in [-0.2, -0.15) is 9.40 Å². The van der Waals surface area contributed by atoms with E-state index in [1.165, 1.54) is 0 Å². The van der Waals surface area contributed by atoms with Gasteiger partial charge in [-0.05, 0) is 26.2 Å². The van der Waals surface area contributed by atoms with Crippen LogP contribution in [0, 0.1) is 19.8 Å². The van der Waals surface area contributed by atoms with Crippen LogP contribution in [0.25, 0.3) is 0 Å². The van der Waals surface area contributed by atoms with Gasteiger partial charge in [0.15, 0.2) is 0 Å². The van der Waals surface area contributed by atoms with E-state index in [4.69, 9.17) is 0 Å². The molecule has 1 saturated heterocycles. The Hall–Kier alpha value is -1.74. The number of rotatable bonds is 4. The van der Waals surface area contributed by atoms with Gasteiger partial charge in [-0.3, -0.25) is 4.68 Å². The molecule has 0 N–H and O–H groups in total. The quantitative estimate of drug-likeness (QED) is 0.806. The molecule has 0 saturated carbocycles. The molecule has 1 unspecified atom stereocenters. The zero-order chi connectivity index (χ0) is 16.8. The number of sulfonamides is 1. The molecule has 0 amide bonds. The highest BCUT2D eigenvalue weighted by atomic mass is 32.2. The Balaban J connectivity index is 1.79. The molecule has 0 radical (unpaired) electrons. The van der Waals surface area contributed by atoms with E-state index in [1.54, 1.807) is 36.2 Å². The minimum Gasteiger partial charge on any atom is -0.321 e. The van der Waals surface area contributed by atoms with Crippen molar-refractivity contribution in [3.05, 3.63) is 23.5 Å². The van der Waals surface area contributed by atoms with Gasteiger partial charge in [-0.15, -0.1) is 10.2 Å². The van der Waals surface area contributed by atoms with Crippen LogP contribution < -0.4 is 0 Å². The summed E-state index contributed by atoms with van der Waals surface area (Å²) >= 11 is 0. The van der Waals surface area contributed by atoms with Gasteiger partial charge in [0.25, 0.3) is 0 Å². The molecule has 2 aromatic heterocycles. The van der Waals surface area contributed by atoms with E-state index < -0.39 is 10.0 Å². The Morgan fingerprint density at radius 2 is 2.04 bits per heavy atom. The van der Waals surface area contributed by atoms with Gasteiger partial charge in [-0.1, -0.05) is 0 Å². The average molecular weight is 338 g/mol. The van der Waals surface area contributed by atoms with Crippen molar-refractivity contribution in [1.82, 2.24) is 28.9 Å². The molecular weight excluding hydrogens is 316 g/mol. The van der Waals surface area contributed by atoms with Crippen molar-refractivity contribution in [2.75, 3.05) is 13.1 Å². The molecule has 0 spiro atoms. The Bertz CT molecular complexity index is 822. The number of aromatic nitrogens is 5. The standard InChI is InChI=1S/C14H22N6O2S/c1-10-14(11(2)19(4)17-10)23(21,22)20-6-5-12(8-20)7-13-16-15-9-18(13)3/h9,12H,5-8H2,1-4H3. The SMILES string of the molecule is Cc1nn(C)c(C)c1S(=O)(=O)N1CCC(Cc2nncn2C)C1. The van der Waals surface area contributed by atoms with Crippen LogP contribution in [0.2, 0.25) is 0 Å². The fourth-order valence-electron chi connectivity index (χ4n) is 3.19. The summed E-state index contributed by atoms with van der Waals surface area (Å²) in [4.78, 5) is 0.347. The van der Waals surface area contributed by atoms with Crippen molar-refractivity contribution in [3.8, 4) is 0 Å². The van der Waals surface area contributed by atoms with E-state index in [9.17, 15) is 8.42 Å². The molecule has 0 bridgehead atoms. The largest absolute Gasteiger partial charge is 0.321 e. The summed E-state index contributed by atoms with van der Waals surface area (Å²) in [6.45, 7) is 4.59. The maximum absolute atomic E-state index is 12.9. The first-order valence-corrected chi connectivity index (χ1v) is 9.08. The summed E-state index contributed by atoms with van der Waals surface area (Å²) in [7, 11) is 0.176. The van der Waals surface area contributed by atoms with Crippen LogP contribution in [-0.4, -0.2) is 50.4 Å². The van der Waals surface area contributed by atoms with Crippen LogP contribution in [0.5, 0.6) is 0 Å². The molecule has 23 heavy (non-hydrogen) atoms. The fourth-order valence-corrected chi connectivity index (χ4v) is 5.12. The minimum atomic E-state index is -3.49. The second kappa shape index (κ2) is 5.72. The molecule has 0 aromatic carbocycles. The maximum Gasteiger partial charge on any atom is 0.246 e. The predicted octanol–water partition coefficient (Wildman–Crippen LogP) is 0.419. The predicted molar refractivity (Wildman–Crippen MR) is 84.3 cm³/mol. The lowest BCUT2D eigenvalue weighted by Crippen LogP contribution is -2.30. The van der Waals surface area contributed by atoms with Crippen LogP contribution in [0.1, 0.15) is 23.6 Å². The fraction of sp³-hybridized carbons (Fsp3) is 0.643. The zero-order valence-corrected chi connectivity index (χ0v) is 14.7. The summed E-state index contributed by atoms with van der Waals surface area (Å²) in [5.41, 5.74) is 1.24. The molecule has 8 nitrogen and oxygen atoms in total. The van der Waals surface area contributed by atoms with E-state index in [0.29, 0.717) is 29.4 Å². The van der Waals surface area contributed by atoms with E-state index in [-0.39, 0.29) is 5.92 Å². The molecule has 0 aliphatic carbocycles. The van der Waals surface area contributed by atoms with Crippen molar-refractivity contribution in [3.63, 3.8) is 0 Å². The number of hydrogen-bond donors (Lipinski definition) is 0. The molecule has 126 valence electrons. The van der Waals surface area contributed by atoms with Crippen LogP contribution in [0.3, 0.4) is 0 Å². The van der Waals surface area contributed by atoms with Gasteiger partial charge < -0.3 is 4.57 Å². The Kier molecular flexibility index (Phi) is 4.01. The lowest BCUT2D eigenvalue weighted by atomic mass is 10.1. The highest BCUT2D eigenvalue weighted by Crippen LogP contribution is 2.29. The van der Waals surface area contributed by atoms with Crippen molar-refractivity contribution in [2.45, 2.75) is 31.6 Å². The highest BCUT2D eigenvalue weighted by Gasteiger charge is 2.36. The third-order valence-corrected chi connectivity index (χ3v) is 6.68. The summed E-state index contributed by atoms with van der Waals surface area (Å²) < 4.78 is 31.0. The summed E-state index contributed by atoms with van der Waals surface area (Å²) in [5.74, 6) is 1.16. The number of nitrogens with zero attached hydrogens (tertiary/aromatic N) is 6. The molecule has 9 heteroatoms. The zero-order valence-electron chi connectivity index (χ0n) is 13.9. The highest BCUT2D eigenvalue weighted by molar-refractivity contribution is 7.89. The van der Waals surface area contributed by atoms with Crippen molar-refractivity contribution in [1.29, 1.82) is 0 Å².